The molecule has 0 spiro atoms. The molecular weight excluding hydrogens is 292 g/mol. The lowest BCUT2D eigenvalue weighted by molar-refractivity contribution is 0.605. The minimum Gasteiger partial charge on any atom is -0.313 e. The average Bonchev–Trinajstić information content (AvgIpc) is 2.15. The van der Waals surface area contributed by atoms with Gasteiger partial charge in [-0.05, 0) is 50.1 Å². The minimum absolute atomic E-state index is 0.208. The molecule has 0 aliphatic carbocycles. The van der Waals surface area contributed by atoms with Gasteiger partial charge in [0.1, 0.15) is 5.82 Å². The summed E-state index contributed by atoms with van der Waals surface area (Å²) >= 11 is 9.10. The second-order valence-electron chi connectivity index (χ2n) is 3.88. The molecule has 0 amide bonds. The standard InChI is InChI=1S/C12H16BrClFN/c1-9(14)3-2-4-16-8-10-5-11(13)7-12(15)6-10/h5-7,9,16H,2-4,8H2,1H3. The maximum atomic E-state index is 13.0. The van der Waals surface area contributed by atoms with Crippen LogP contribution in [-0.2, 0) is 6.54 Å². The van der Waals surface area contributed by atoms with Crippen LogP contribution in [0.3, 0.4) is 0 Å². The summed E-state index contributed by atoms with van der Waals surface area (Å²) in [6, 6.07) is 4.92. The molecular formula is C12H16BrClFN. The molecule has 90 valence electrons. The molecule has 4 heteroatoms. The quantitative estimate of drug-likeness (QED) is 0.616. The van der Waals surface area contributed by atoms with E-state index in [1.54, 1.807) is 6.07 Å². The Morgan fingerprint density at radius 2 is 2.19 bits per heavy atom. The maximum absolute atomic E-state index is 13.0. The van der Waals surface area contributed by atoms with Gasteiger partial charge in [0.2, 0.25) is 0 Å². The molecule has 0 aromatic heterocycles. The third kappa shape index (κ3) is 5.83. The highest BCUT2D eigenvalue weighted by Gasteiger charge is 1.99. The molecule has 1 N–H and O–H groups in total. The molecule has 0 heterocycles. The van der Waals surface area contributed by atoms with E-state index >= 15 is 0 Å². The van der Waals surface area contributed by atoms with Gasteiger partial charge in [-0.15, -0.1) is 11.6 Å². The Bertz CT molecular complexity index is 311. The summed E-state index contributed by atoms with van der Waals surface area (Å²) in [6.45, 7) is 3.59. The van der Waals surface area contributed by atoms with Gasteiger partial charge in [-0.3, -0.25) is 0 Å². The third-order valence-electron chi connectivity index (χ3n) is 2.21. The van der Waals surface area contributed by atoms with Crippen molar-refractivity contribution >= 4 is 27.5 Å². The predicted octanol–water partition coefficient (Wildman–Crippen LogP) is 4.09. The lowest BCUT2D eigenvalue weighted by Gasteiger charge is -2.06. The zero-order valence-electron chi connectivity index (χ0n) is 9.27. The number of alkyl halides is 1. The Balaban J connectivity index is 2.26. The lowest BCUT2D eigenvalue weighted by Crippen LogP contribution is -2.15. The zero-order valence-corrected chi connectivity index (χ0v) is 11.6. The summed E-state index contributed by atoms with van der Waals surface area (Å²) in [6.07, 6.45) is 2.04. The molecule has 0 aliphatic rings. The first kappa shape index (κ1) is 13.9. The smallest absolute Gasteiger partial charge is 0.124 e. The average molecular weight is 309 g/mol. The van der Waals surface area contributed by atoms with Gasteiger partial charge >= 0.3 is 0 Å². The van der Waals surface area contributed by atoms with Crippen LogP contribution in [0, 0.1) is 5.82 Å². The van der Waals surface area contributed by atoms with Gasteiger partial charge in [-0.25, -0.2) is 4.39 Å². The second kappa shape index (κ2) is 7.25. The number of hydrogen-bond donors (Lipinski definition) is 1. The molecule has 1 aromatic rings. The van der Waals surface area contributed by atoms with E-state index in [0.717, 1.165) is 29.4 Å². The summed E-state index contributed by atoms with van der Waals surface area (Å²) < 4.78 is 13.8. The zero-order chi connectivity index (χ0) is 12.0. The highest BCUT2D eigenvalue weighted by atomic mass is 79.9. The van der Waals surface area contributed by atoms with Gasteiger partial charge in [0.25, 0.3) is 0 Å². The SMILES string of the molecule is CC(Cl)CCCNCc1cc(F)cc(Br)c1. The van der Waals surface area contributed by atoms with Crippen LogP contribution in [-0.4, -0.2) is 11.9 Å². The van der Waals surface area contributed by atoms with E-state index in [9.17, 15) is 4.39 Å². The number of rotatable bonds is 6. The van der Waals surface area contributed by atoms with Crippen LogP contribution in [0.25, 0.3) is 0 Å². The van der Waals surface area contributed by atoms with Gasteiger partial charge in [0.15, 0.2) is 0 Å². The van der Waals surface area contributed by atoms with Crippen LogP contribution in [0.2, 0.25) is 0 Å². The number of halogens is 3. The van der Waals surface area contributed by atoms with E-state index in [0.29, 0.717) is 6.54 Å². The van der Waals surface area contributed by atoms with Crippen molar-refractivity contribution in [1.29, 1.82) is 0 Å². The van der Waals surface area contributed by atoms with Gasteiger partial charge in [-0.1, -0.05) is 15.9 Å². The Morgan fingerprint density at radius 3 is 2.81 bits per heavy atom. The summed E-state index contributed by atoms with van der Waals surface area (Å²) in [7, 11) is 0. The van der Waals surface area contributed by atoms with Gasteiger partial charge < -0.3 is 5.32 Å². The normalized spacial score (nSPS) is 12.8. The fourth-order valence-corrected chi connectivity index (χ4v) is 2.12. The molecule has 0 radical (unpaired) electrons. The van der Waals surface area contributed by atoms with E-state index in [1.807, 2.05) is 13.0 Å². The van der Waals surface area contributed by atoms with Gasteiger partial charge in [0, 0.05) is 16.4 Å². The maximum Gasteiger partial charge on any atom is 0.124 e. The van der Waals surface area contributed by atoms with Crippen molar-refractivity contribution in [3.63, 3.8) is 0 Å². The molecule has 0 saturated heterocycles. The van der Waals surface area contributed by atoms with Crippen LogP contribution in [0.1, 0.15) is 25.3 Å². The molecule has 1 nitrogen and oxygen atoms in total. The molecule has 1 unspecified atom stereocenters. The van der Waals surface area contributed by atoms with Crippen molar-refractivity contribution in [2.75, 3.05) is 6.54 Å². The molecule has 1 rings (SSSR count). The monoisotopic (exact) mass is 307 g/mol. The van der Waals surface area contributed by atoms with Crippen molar-refractivity contribution in [2.24, 2.45) is 0 Å². The Hall–Kier alpha value is -0.120. The lowest BCUT2D eigenvalue weighted by atomic mass is 10.2. The first-order valence-corrected chi connectivity index (χ1v) is 6.60. The first-order valence-electron chi connectivity index (χ1n) is 5.37. The van der Waals surface area contributed by atoms with Crippen molar-refractivity contribution in [1.82, 2.24) is 5.32 Å². The fraction of sp³-hybridized carbons (Fsp3) is 0.500. The predicted molar refractivity (Wildman–Crippen MR) is 70.4 cm³/mol. The molecule has 0 fully saturated rings. The van der Waals surface area contributed by atoms with Crippen molar-refractivity contribution in [3.8, 4) is 0 Å². The first-order chi connectivity index (χ1) is 7.58. The molecule has 1 atom stereocenters. The summed E-state index contributed by atoms with van der Waals surface area (Å²) in [5, 5.41) is 3.49. The van der Waals surface area contributed by atoms with E-state index < -0.39 is 0 Å². The summed E-state index contributed by atoms with van der Waals surface area (Å²) in [5.74, 6) is -0.208. The summed E-state index contributed by atoms with van der Waals surface area (Å²) in [4.78, 5) is 0. The van der Waals surface area contributed by atoms with Crippen molar-refractivity contribution in [3.05, 3.63) is 34.1 Å². The van der Waals surface area contributed by atoms with Gasteiger partial charge in [0.05, 0.1) is 0 Å². The Labute approximate surface area is 110 Å². The van der Waals surface area contributed by atoms with E-state index in [4.69, 9.17) is 11.6 Å². The second-order valence-corrected chi connectivity index (χ2v) is 5.54. The van der Waals surface area contributed by atoms with Crippen LogP contribution in [0.5, 0.6) is 0 Å². The summed E-state index contributed by atoms with van der Waals surface area (Å²) in [5.41, 5.74) is 0.950. The van der Waals surface area contributed by atoms with E-state index in [2.05, 4.69) is 21.2 Å². The fourth-order valence-electron chi connectivity index (χ4n) is 1.45. The highest BCUT2D eigenvalue weighted by Crippen LogP contribution is 2.14. The topological polar surface area (TPSA) is 12.0 Å². The molecule has 0 bridgehead atoms. The van der Waals surface area contributed by atoms with Crippen molar-refractivity contribution < 1.29 is 4.39 Å². The molecule has 0 saturated carbocycles. The Kier molecular flexibility index (Phi) is 6.32. The van der Waals surface area contributed by atoms with Crippen LogP contribution in [0.4, 0.5) is 4.39 Å². The molecule has 16 heavy (non-hydrogen) atoms. The van der Waals surface area contributed by atoms with E-state index in [-0.39, 0.29) is 11.2 Å². The minimum atomic E-state index is -0.208. The molecule has 0 aliphatic heterocycles. The van der Waals surface area contributed by atoms with E-state index in [1.165, 1.54) is 6.07 Å². The molecule has 1 aromatic carbocycles. The highest BCUT2D eigenvalue weighted by molar-refractivity contribution is 9.10. The number of nitrogens with one attached hydrogen (secondary N) is 1. The Morgan fingerprint density at radius 1 is 1.44 bits per heavy atom. The number of benzene rings is 1. The van der Waals surface area contributed by atoms with Crippen LogP contribution < -0.4 is 5.32 Å². The van der Waals surface area contributed by atoms with Crippen molar-refractivity contribution in [2.45, 2.75) is 31.7 Å². The van der Waals surface area contributed by atoms with Crippen LogP contribution >= 0.6 is 27.5 Å². The number of hydrogen-bond acceptors (Lipinski definition) is 1. The van der Waals surface area contributed by atoms with Crippen LogP contribution in [0.15, 0.2) is 22.7 Å². The van der Waals surface area contributed by atoms with Gasteiger partial charge in [-0.2, -0.15) is 0 Å². The largest absolute Gasteiger partial charge is 0.313 e. The third-order valence-corrected chi connectivity index (χ3v) is 2.88.